The Balaban J connectivity index is 2.16. The van der Waals surface area contributed by atoms with E-state index in [1.807, 2.05) is 0 Å². The molecule has 0 aliphatic carbocycles. The first-order valence-electron chi connectivity index (χ1n) is 4.63. The number of hydrogen-bond acceptors (Lipinski definition) is 0. The highest BCUT2D eigenvalue weighted by molar-refractivity contribution is 9.10. The average molecular weight is 263 g/mol. The summed E-state index contributed by atoms with van der Waals surface area (Å²) >= 11 is 3.45. The van der Waals surface area contributed by atoms with E-state index in [9.17, 15) is 0 Å². The van der Waals surface area contributed by atoms with E-state index >= 15 is 0 Å². The van der Waals surface area contributed by atoms with E-state index in [1.54, 1.807) is 0 Å². The van der Waals surface area contributed by atoms with Crippen molar-refractivity contribution in [3.05, 3.63) is 59.1 Å². The fourth-order valence-corrected chi connectivity index (χ4v) is 3.15. The Morgan fingerprint density at radius 1 is 0.714 bits per heavy atom. The minimum Gasteiger partial charge on any atom is -0.0633 e. The van der Waals surface area contributed by atoms with Gasteiger partial charge in [0.2, 0.25) is 0 Å². The molecule has 2 heteroatoms. The molecule has 0 saturated carbocycles. The molecule has 2 rings (SSSR count). The molecule has 0 aromatic heterocycles. The van der Waals surface area contributed by atoms with E-state index in [1.165, 1.54) is 10.4 Å². The van der Waals surface area contributed by atoms with Gasteiger partial charge in [-0.25, -0.2) is 0 Å². The van der Waals surface area contributed by atoms with Crippen LogP contribution in [0.15, 0.2) is 59.1 Å². The molecule has 0 saturated heterocycles. The van der Waals surface area contributed by atoms with Gasteiger partial charge in [-0.2, -0.15) is 0 Å². The lowest BCUT2D eigenvalue weighted by Crippen LogP contribution is -2.26. The third kappa shape index (κ3) is 2.56. The largest absolute Gasteiger partial charge is 0.0875 e. The van der Waals surface area contributed by atoms with E-state index in [2.05, 4.69) is 70.5 Å². The molecule has 2 aromatic carbocycles. The Morgan fingerprint density at radius 3 is 1.93 bits per heavy atom. The Labute approximate surface area is 94.9 Å². The van der Waals surface area contributed by atoms with Crippen molar-refractivity contribution in [3.63, 3.8) is 0 Å². The molecule has 0 atom stereocenters. The Kier molecular flexibility index (Phi) is 3.17. The van der Waals surface area contributed by atoms with Crippen molar-refractivity contribution >= 4 is 35.8 Å². The van der Waals surface area contributed by atoms with Gasteiger partial charge < -0.3 is 0 Å². The molecule has 14 heavy (non-hydrogen) atoms. The normalized spacial score (nSPS) is 10.9. The van der Waals surface area contributed by atoms with Gasteiger partial charge in [0.25, 0.3) is 0 Å². The van der Waals surface area contributed by atoms with E-state index in [0.717, 1.165) is 4.47 Å². The van der Waals surface area contributed by atoms with E-state index in [0.29, 0.717) is 0 Å². The van der Waals surface area contributed by atoms with Crippen LogP contribution in [0.4, 0.5) is 0 Å². The molecule has 0 radical (unpaired) electrons. The molecule has 0 aliphatic heterocycles. The maximum absolute atomic E-state index is 3.45. The summed E-state index contributed by atoms with van der Waals surface area (Å²) in [5.41, 5.74) is 0. The Bertz CT molecular complexity index is 394. The van der Waals surface area contributed by atoms with E-state index in [-0.39, 0.29) is 9.52 Å². The number of hydrogen-bond donors (Lipinski definition) is 0. The van der Waals surface area contributed by atoms with Gasteiger partial charge in [0, 0.05) is 4.47 Å². The zero-order chi connectivity index (χ0) is 9.80. The molecule has 0 spiro atoms. The summed E-state index contributed by atoms with van der Waals surface area (Å²) in [6.45, 7) is 0. The van der Waals surface area contributed by atoms with Gasteiger partial charge in [-0.15, -0.1) is 0 Å². The second-order valence-corrected chi connectivity index (χ2v) is 6.19. The minimum atomic E-state index is -0.271. The minimum absolute atomic E-state index is 0.271. The maximum Gasteiger partial charge on any atom is 0.0875 e. The fraction of sp³-hybridized carbons (Fsp3) is 0. The third-order valence-corrected chi connectivity index (χ3v) is 4.45. The van der Waals surface area contributed by atoms with Crippen molar-refractivity contribution in [1.29, 1.82) is 0 Å². The lowest BCUT2D eigenvalue weighted by atomic mass is 10.4. The lowest BCUT2D eigenvalue weighted by molar-refractivity contribution is 1.69. The molecule has 0 heterocycles. The molecule has 0 nitrogen and oxygen atoms in total. The summed E-state index contributed by atoms with van der Waals surface area (Å²) in [4.78, 5) is 0. The standard InChI is InChI=1S/C12H11BrSi/c13-10-6-8-12(9-7-10)14-11-4-2-1-3-5-11/h1-9H,14H2. The first-order valence-corrected chi connectivity index (χ1v) is 6.84. The summed E-state index contributed by atoms with van der Waals surface area (Å²) in [7, 11) is -0.271. The van der Waals surface area contributed by atoms with Crippen LogP contribution in [0.25, 0.3) is 0 Å². The van der Waals surface area contributed by atoms with Crippen LogP contribution in [0, 0.1) is 0 Å². The molecule has 2 aromatic rings. The fourth-order valence-electron chi connectivity index (χ4n) is 1.43. The summed E-state index contributed by atoms with van der Waals surface area (Å²) in [5, 5.41) is 2.98. The first-order chi connectivity index (χ1) is 6.84. The van der Waals surface area contributed by atoms with Gasteiger partial charge in [-0.05, 0) is 12.1 Å². The van der Waals surface area contributed by atoms with Crippen molar-refractivity contribution in [2.45, 2.75) is 0 Å². The second-order valence-electron chi connectivity index (χ2n) is 3.29. The topological polar surface area (TPSA) is 0 Å². The highest BCUT2D eigenvalue weighted by Gasteiger charge is 1.95. The van der Waals surface area contributed by atoms with Crippen molar-refractivity contribution < 1.29 is 0 Å². The smallest absolute Gasteiger partial charge is 0.0633 e. The number of benzene rings is 2. The second kappa shape index (κ2) is 4.58. The molecule has 0 amide bonds. The summed E-state index contributed by atoms with van der Waals surface area (Å²) in [6.07, 6.45) is 0. The Morgan fingerprint density at radius 2 is 1.29 bits per heavy atom. The molecular weight excluding hydrogens is 252 g/mol. The predicted octanol–water partition coefficient (Wildman–Crippen LogP) is 1.57. The van der Waals surface area contributed by atoms with Crippen LogP contribution < -0.4 is 10.4 Å². The summed E-state index contributed by atoms with van der Waals surface area (Å²) < 4.78 is 1.16. The van der Waals surface area contributed by atoms with Crippen LogP contribution in [-0.2, 0) is 0 Å². The zero-order valence-corrected chi connectivity index (χ0v) is 10.8. The van der Waals surface area contributed by atoms with Gasteiger partial charge in [0.15, 0.2) is 0 Å². The molecule has 0 unspecified atom stereocenters. The van der Waals surface area contributed by atoms with Crippen molar-refractivity contribution in [2.75, 3.05) is 0 Å². The van der Waals surface area contributed by atoms with Gasteiger partial charge in [0.05, 0.1) is 9.52 Å². The summed E-state index contributed by atoms with van der Waals surface area (Å²) in [5.74, 6) is 0. The van der Waals surface area contributed by atoms with Crippen LogP contribution >= 0.6 is 15.9 Å². The Hall–Kier alpha value is -0.863. The van der Waals surface area contributed by atoms with Crippen molar-refractivity contribution in [3.8, 4) is 0 Å². The van der Waals surface area contributed by atoms with Gasteiger partial charge in [0.1, 0.15) is 0 Å². The SMILES string of the molecule is Brc1ccc([SiH2]c2ccccc2)cc1. The van der Waals surface area contributed by atoms with Gasteiger partial charge >= 0.3 is 0 Å². The molecule has 70 valence electrons. The van der Waals surface area contributed by atoms with Gasteiger partial charge in [-0.3, -0.25) is 0 Å². The third-order valence-electron chi connectivity index (χ3n) is 2.16. The van der Waals surface area contributed by atoms with E-state index in [4.69, 9.17) is 0 Å². The van der Waals surface area contributed by atoms with Crippen LogP contribution in [-0.4, -0.2) is 9.52 Å². The molecule has 0 fully saturated rings. The highest BCUT2D eigenvalue weighted by atomic mass is 79.9. The quantitative estimate of drug-likeness (QED) is 0.721. The molecular formula is C12H11BrSi. The number of halogens is 1. The lowest BCUT2D eigenvalue weighted by Gasteiger charge is -2.00. The van der Waals surface area contributed by atoms with Crippen LogP contribution in [0.1, 0.15) is 0 Å². The average Bonchev–Trinajstić information content (AvgIpc) is 2.23. The van der Waals surface area contributed by atoms with Crippen LogP contribution in [0.5, 0.6) is 0 Å². The van der Waals surface area contributed by atoms with Crippen molar-refractivity contribution in [1.82, 2.24) is 0 Å². The predicted molar refractivity (Wildman–Crippen MR) is 68.4 cm³/mol. The zero-order valence-electron chi connectivity index (χ0n) is 7.78. The molecule has 0 bridgehead atoms. The van der Waals surface area contributed by atoms with Crippen LogP contribution in [0.3, 0.4) is 0 Å². The van der Waals surface area contributed by atoms with Crippen molar-refractivity contribution in [2.24, 2.45) is 0 Å². The summed E-state index contributed by atoms with van der Waals surface area (Å²) in [6, 6.07) is 19.4. The molecule has 0 N–H and O–H groups in total. The van der Waals surface area contributed by atoms with Gasteiger partial charge in [-0.1, -0.05) is 68.8 Å². The first kappa shape index (κ1) is 9.68. The highest BCUT2D eigenvalue weighted by Crippen LogP contribution is 2.04. The molecule has 0 aliphatic rings. The maximum atomic E-state index is 3.45. The van der Waals surface area contributed by atoms with E-state index < -0.39 is 0 Å². The monoisotopic (exact) mass is 262 g/mol. The van der Waals surface area contributed by atoms with Crippen LogP contribution in [0.2, 0.25) is 0 Å². The number of rotatable bonds is 2.